The first-order valence-corrected chi connectivity index (χ1v) is 14.1. The summed E-state index contributed by atoms with van der Waals surface area (Å²) < 4.78 is 22.4. The highest BCUT2D eigenvalue weighted by Gasteiger charge is 2.42. The highest BCUT2D eigenvalue weighted by Crippen LogP contribution is 2.40. The number of esters is 1. The summed E-state index contributed by atoms with van der Waals surface area (Å²) in [6.45, 7) is 9.01. The average molecular weight is 553 g/mol. The molecule has 3 rings (SSSR count). The third-order valence-electron chi connectivity index (χ3n) is 7.49. The van der Waals surface area contributed by atoms with E-state index in [2.05, 4.69) is 13.8 Å². The summed E-state index contributed by atoms with van der Waals surface area (Å²) in [5.41, 5.74) is 2.61. The maximum atomic E-state index is 14.0. The van der Waals surface area contributed by atoms with Gasteiger partial charge in [-0.15, -0.1) is 0 Å². The lowest BCUT2D eigenvalue weighted by atomic mass is 9.92. The van der Waals surface area contributed by atoms with Crippen molar-refractivity contribution in [3.8, 4) is 17.2 Å². The molecule has 0 aromatic heterocycles. The summed E-state index contributed by atoms with van der Waals surface area (Å²) in [5, 5.41) is 0. The standard InChI is InChI=1S/C32H44N2O6/c1-8-12-23(13-9-2)21-40-31(35)29-22(4)34(20-25-16-17-27(38-6)19-28(25)39-7)32(36)33(10-3)30(29)24-14-11-15-26(18-24)37-5/h11,14-19,23,30H,8-10,12-13,20-21H2,1-7H3. The van der Waals surface area contributed by atoms with Gasteiger partial charge in [-0.1, -0.05) is 38.8 Å². The van der Waals surface area contributed by atoms with Crippen LogP contribution in [0, 0.1) is 5.92 Å². The van der Waals surface area contributed by atoms with Gasteiger partial charge in [0, 0.05) is 23.9 Å². The first kappa shape index (κ1) is 30.9. The Morgan fingerprint density at radius 1 is 0.925 bits per heavy atom. The fraction of sp³-hybridized carbons (Fsp3) is 0.500. The summed E-state index contributed by atoms with van der Waals surface area (Å²) in [5.74, 6) is 1.82. The van der Waals surface area contributed by atoms with E-state index in [4.69, 9.17) is 18.9 Å². The molecule has 8 nitrogen and oxygen atoms in total. The summed E-state index contributed by atoms with van der Waals surface area (Å²) in [4.78, 5) is 31.3. The molecule has 218 valence electrons. The van der Waals surface area contributed by atoms with Crippen molar-refractivity contribution in [2.75, 3.05) is 34.5 Å². The largest absolute Gasteiger partial charge is 0.497 e. The number of likely N-dealkylation sites (N-methyl/N-ethyl adjacent to an activating group) is 1. The molecule has 0 radical (unpaired) electrons. The highest BCUT2D eigenvalue weighted by atomic mass is 16.5. The molecule has 1 atom stereocenters. The van der Waals surface area contributed by atoms with E-state index in [-0.39, 0.29) is 12.6 Å². The van der Waals surface area contributed by atoms with Crippen LogP contribution < -0.4 is 14.2 Å². The first-order chi connectivity index (χ1) is 19.3. The van der Waals surface area contributed by atoms with Crippen LogP contribution in [0.1, 0.15) is 70.5 Å². The van der Waals surface area contributed by atoms with Gasteiger partial charge in [0.15, 0.2) is 0 Å². The number of hydrogen-bond donors (Lipinski definition) is 0. The van der Waals surface area contributed by atoms with Crippen LogP contribution in [-0.2, 0) is 16.1 Å². The lowest BCUT2D eigenvalue weighted by Crippen LogP contribution is -2.50. The van der Waals surface area contributed by atoms with E-state index in [0.29, 0.717) is 47.6 Å². The van der Waals surface area contributed by atoms with Crippen LogP contribution in [0.4, 0.5) is 4.79 Å². The molecule has 0 saturated carbocycles. The number of methoxy groups -OCH3 is 3. The zero-order valence-corrected chi connectivity index (χ0v) is 25.0. The van der Waals surface area contributed by atoms with Gasteiger partial charge in [-0.2, -0.15) is 0 Å². The van der Waals surface area contributed by atoms with Gasteiger partial charge < -0.3 is 23.8 Å². The summed E-state index contributed by atoms with van der Waals surface area (Å²) >= 11 is 0. The van der Waals surface area contributed by atoms with E-state index < -0.39 is 12.0 Å². The Labute approximate surface area is 238 Å². The van der Waals surface area contributed by atoms with E-state index in [1.54, 1.807) is 37.2 Å². The second kappa shape index (κ2) is 14.6. The predicted molar refractivity (Wildman–Crippen MR) is 156 cm³/mol. The maximum Gasteiger partial charge on any atom is 0.338 e. The molecule has 2 aromatic carbocycles. The van der Waals surface area contributed by atoms with Gasteiger partial charge in [0.2, 0.25) is 0 Å². The zero-order valence-electron chi connectivity index (χ0n) is 25.0. The van der Waals surface area contributed by atoms with Crippen molar-refractivity contribution < 1.29 is 28.5 Å². The SMILES string of the molecule is CCCC(CCC)COC(=O)C1=C(C)N(Cc2ccc(OC)cc2OC)C(=O)N(CC)C1c1cccc(OC)c1. The number of hydrogen-bond acceptors (Lipinski definition) is 6. The second-order valence-electron chi connectivity index (χ2n) is 10.1. The van der Waals surface area contributed by atoms with Gasteiger partial charge in [0.25, 0.3) is 0 Å². The normalized spacial score (nSPS) is 15.5. The number of carbonyl (C=O) groups excluding carboxylic acids is 2. The summed E-state index contributed by atoms with van der Waals surface area (Å²) in [7, 11) is 4.78. The molecule has 0 saturated heterocycles. The monoisotopic (exact) mass is 552 g/mol. The van der Waals surface area contributed by atoms with E-state index in [1.165, 1.54) is 0 Å². The second-order valence-corrected chi connectivity index (χ2v) is 10.1. The molecule has 2 amide bonds. The van der Waals surface area contributed by atoms with Crippen molar-refractivity contribution in [2.45, 2.75) is 66.0 Å². The Balaban J connectivity index is 2.10. The number of carbonyl (C=O) groups is 2. The molecular formula is C32H44N2O6. The third-order valence-corrected chi connectivity index (χ3v) is 7.49. The van der Waals surface area contributed by atoms with Crippen molar-refractivity contribution in [1.82, 2.24) is 9.80 Å². The van der Waals surface area contributed by atoms with Gasteiger partial charge in [0.1, 0.15) is 17.2 Å². The number of ether oxygens (including phenoxy) is 4. The third kappa shape index (κ3) is 6.90. The highest BCUT2D eigenvalue weighted by molar-refractivity contribution is 5.95. The fourth-order valence-electron chi connectivity index (χ4n) is 5.38. The molecule has 0 bridgehead atoms. The first-order valence-electron chi connectivity index (χ1n) is 14.1. The minimum Gasteiger partial charge on any atom is -0.497 e. The number of nitrogens with zero attached hydrogens (tertiary/aromatic N) is 2. The number of urea groups is 1. The van der Waals surface area contributed by atoms with Gasteiger partial charge in [-0.05, 0) is 62.4 Å². The van der Waals surface area contributed by atoms with Crippen LogP contribution in [0.15, 0.2) is 53.7 Å². The molecule has 1 unspecified atom stereocenters. The summed E-state index contributed by atoms with van der Waals surface area (Å²) in [6, 6.07) is 12.2. The van der Waals surface area contributed by atoms with E-state index in [1.807, 2.05) is 50.2 Å². The van der Waals surface area contributed by atoms with E-state index in [0.717, 1.165) is 36.8 Å². The van der Waals surface area contributed by atoms with Crippen LogP contribution in [0.25, 0.3) is 0 Å². The van der Waals surface area contributed by atoms with E-state index in [9.17, 15) is 9.59 Å². The molecular weight excluding hydrogens is 508 g/mol. The van der Waals surface area contributed by atoms with Crippen molar-refractivity contribution in [2.24, 2.45) is 5.92 Å². The maximum absolute atomic E-state index is 14.0. The molecule has 0 fully saturated rings. The molecule has 1 heterocycles. The summed E-state index contributed by atoms with van der Waals surface area (Å²) in [6.07, 6.45) is 4.07. The van der Waals surface area contributed by atoms with Crippen LogP contribution in [0.3, 0.4) is 0 Å². The Morgan fingerprint density at radius 2 is 1.60 bits per heavy atom. The number of rotatable bonds is 14. The van der Waals surface area contributed by atoms with Crippen molar-refractivity contribution in [3.63, 3.8) is 0 Å². The van der Waals surface area contributed by atoms with Crippen molar-refractivity contribution in [1.29, 1.82) is 0 Å². The Kier molecular flexibility index (Phi) is 11.3. The van der Waals surface area contributed by atoms with Crippen molar-refractivity contribution >= 4 is 12.0 Å². The Bertz CT molecular complexity index is 1190. The lowest BCUT2D eigenvalue weighted by Gasteiger charge is -2.42. The Hall–Kier alpha value is -3.68. The smallest absolute Gasteiger partial charge is 0.338 e. The lowest BCUT2D eigenvalue weighted by molar-refractivity contribution is -0.141. The van der Waals surface area contributed by atoms with Gasteiger partial charge in [0.05, 0.1) is 46.1 Å². The molecule has 8 heteroatoms. The Morgan fingerprint density at radius 3 is 2.20 bits per heavy atom. The van der Waals surface area contributed by atoms with E-state index >= 15 is 0 Å². The topological polar surface area (TPSA) is 77.5 Å². The fourth-order valence-corrected chi connectivity index (χ4v) is 5.38. The zero-order chi connectivity index (χ0) is 29.2. The number of allylic oxidation sites excluding steroid dienone is 1. The molecule has 2 aromatic rings. The molecule has 0 spiro atoms. The minimum atomic E-state index is -0.607. The number of amides is 2. The predicted octanol–water partition coefficient (Wildman–Crippen LogP) is 6.74. The minimum absolute atomic E-state index is 0.197. The quantitative estimate of drug-likeness (QED) is 0.242. The van der Waals surface area contributed by atoms with Crippen LogP contribution in [-0.4, -0.2) is 56.3 Å². The van der Waals surface area contributed by atoms with Crippen LogP contribution >= 0.6 is 0 Å². The molecule has 40 heavy (non-hydrogen) atoms. The number of benzene rings is 2. The van der Waals surface area contributed by atoms with Crippen molar-refractivity contribution in [3.05, 3.63) is 64.9 Å². The molecule has 0 N–H and O–H groups in total. The van der Waals surface area contributed by atoms with Gasteiger partial charge >= 0.3 is 12.0 Å². The average Bonchev–Trinajstić information content (AvgIpc) is 2.97. The molecule has 1 aliphatic rings. The van der Waals surface area contributed by atoms with Crippen LogP contribution in [0.2, 0.25) is 0 Å². The van der Waals surface area contributed by atoms with Crippen LogP contribution in [0.5, 0.6) is 17.2 Å². The van der Waals surface area contributed by atoms with Gasteiger partial charge in [-0.3, -0.25) is 4.90 Å². The molecule has 1 aliphatic heterocycles. The molecule has 0 aliphatic carbocycles. The van der Waals surface area contributed by atoms with Gasteiger partial charge in [-0.25, -0.2) is 9.59 Å².